The second kappa shape index (κ2) is 6.86. The van der Waals surface area contributed by atoms with Gasteiger partial charge in [-0.15, -0.1) is 5.10 Å². The summed E-state index contributed by atoms with van der Waals surface area (Å²) in [6.07, 6.45) is 1.37. The fraction of sp³-hybridized carbons (Fsp3) is 0.0625. The maximum atomic E-state index is 13.2. The molecule has 2 aromatic carbocycles. The first kappa shape index (κ1) is 15.6. The summed E-state index contributed by atoms with van der Waals surface area (Å²) in [6.45, 7) is 0. The molecule has 0 aliphatic rings. The maximum absolute atomic E-state index is 13.2. The second-order valence-corrected chi connectivity index (χ2v) is 4.74. The Morgan fingerprint density at radius 1 is 1.00 bits per heavy atom. The van der Waals surface area contributed by atoms with Gasteiger partial charge in [0.2, 0.25) is 5.95 Å². The Labute approximate surface area is 136 Å². The Hall–Kier alpha value is -3.29. The van der Waals surface area contributed by atoms with Crippen LogP contribution in [0.1, 0.15) is 0 Å². The summed E-state index contributed by atoms with van der Waals surface area (Å²) in [5, 5.41) is 13.5. The van der Waals surface area contributed by atoms with Gasteiger partial charge in [0.1, 0.15) is 5.75 Å². The van der Waals surface area contributed by atoms with Crippen LogP contribution in [0.2, 0.25) is 0 Å². The zero-order valence-electron chi connectivity index (χ0n) is 12.6. The van der Waals surface area contributed by atoms with Crippen LogP contribution in [-0.2, 0) is 0 Å². The van der Waals surface area contributed by atoms with Gasteiger partial charge in [0.25, 0.3) is 0 Å². The van der Waals surface area contributed by atoms with Crippen molar-refractivity contribution in [1.29, 1.82) is 0 Å². The summed E-state index contributed by atoms with van der Waals surface area (Å²) in [6, 6.07) is 10.7. The highest BCUT2D eigenvalue weighted by molar-refractivity contribution is 5.63. The van der Waals surface area contributed by atoms with Crippen molar-refractivity contribution >= 4 is 23.1 Å². The zero-order valence-corrected chi connectivity index (χ0v) is 12.6. The molecule has 0 amide bonds. The van der Waals surface area contributed by atoms with Crippen molar-refractivity contribution in [3.63, 3.8) is 0 Å². The summed E-state index contributed by atoms with van der Waals surface area (Å²) < 4.78 is 31.4. The molecule has 122 valence electrons. The number of ether oxygens (including phenoxy) is 1. The number of nitrogens with one attached hydrogen (secondary N) is 2. The van der Waals surface area contributed by atoms with Crippen molar-refractivity contribution in [3.05, 3.63) is 60.3 Å². The van der Waals surface area contributed by atoms with Crippen molar-refractivity contribution in [3.8, 4) is 5.75 Å². The van der Waals surface area contributed by atoms with Gasteiger partial charge < -0.3 is 15.4 Å². The highest BCUT2D eigenvalue weighted by Crippen LogP contribution is 2.26. The SMILES string of the molecule is COc1ccccc1Nc1nncc(Nc2ccc(F)c(F)c2)n1. The lowest BCUT2D eigenvalue weighted by Gasteiger charge is -2.10. The smallest absolute Gasteiger partial charge is 0.249 e. The Morgan fingerprint density at radius 3 is 2.62 bits per heavy atom. The lowest BCUT2D eigenvalue weighted by Crippen LogP contribution is -2.03. The van der Waals surface area contributed by atoms with Crippen LogP contribution in [0.3, 0.4) is 0 Å². The van der Waals surface area contributed by atoms with Gasteiger partial charge in [-0.25, -0.2) is 8.78 Å². The number of rotatable bonds is 5. The summed E-state index contributed by atoms with van der Waals surface area (Å²) in [4.78, 5) is 4.22. The van der Waals surface area contributed by atoms with E-state index in [1.165, 1.54) is 12.3 Å². The van der Waals surface area contributed by atoms with E-state index in [0.29, 0.717) is 22.9 Å². The van der Waals surface area contributed by atoms with E-state index < -0.39 is 11.6 Å². The summed E-state index contributed by atoms with van der Waals surface area (Å²) in [5.74, 6) is -0.685. The molecule has 0 radical (unpaired) electrons. The van der Waals surface area contributed by atoms with Crippen LogP contribution < -0.4 is 15.4 Å². The number of hydrogen-bond donors (Lipinski definition) is 2. The molecule has 0 saturated heterocycles. The molecular weight excluding hydrogens is 316 g/mol. The molecule has 8 heteroatoms. The normalized spacial score (nSPS) is 10.3. The lowest BCUT2D eigenvalue weighted by atomic mass is 10.3. The van der Waals surface area contributed by atoms with E-state index in [-0.39, 0.29) is 5.95 Å². The summed E-state index contributed by atoms with van der Waals surface area (Å²) >= 11 is 0. The molecule has 3 rings (SSSR count). The first-order valence-corrected chi connectivity index (χ1v) is 6.97. The van der Waals surface area contributed by atoms with Gasteiger partial charge in [-0.05, 0) is 24.3 Å². The molecule has 0 atom stereocenters. The van der Waals surface area contributed by atoms with E-state index in [9.17, 15) is 8.78 Å². The molecule has 2 N–H and O–H groups in total. The van der Waals surface area contributed by atoms with Gasteiger partial charge in [-0.1, -0.05) is 12.1 Å². The van der Waals surface area contributed by atoms with E-state index in [1.54, 1.807) is 19.2 Å². The molecule has 24 heavy (non-hydrogen) atoms. The van der Waals surface area contributed by atoms with E-state index in [0.717, 1.165) is 12.1 Å². The van der Waals surface area contributed by atoms with Gasteiger partial charge in [0.05, 0.1) is 19.0 Å². The van der Waals surface area contributed by atoms with Crippen LogP contribution >= 0.6 is 0 Å². The van der Waals surface area contributed by atoms with Gasteiger partial charge in [-0.3, -0.25) is 0 Å². The average molecular weight is 329 g/mol. The molecule has 1 aromatic heterocycles. The molecule has 0 saturated carbocycles. The third kappa shape index (κ3) is 3.54. The van der Waals surface area contributed by atoms with Gasteiger partial charge in [0, 0.05) is 11.8 Å². The topological polar surface area (TPSA) is 72.0 Å². The average Bonchev–Trinajstić information content (AvgIpc) is 2.59. The molecule has 0 spiro atoms. The highest BCUT2D eigenvalue weighted by atomic mass is 19.2. The van der Waals surface area contributed by atoms with Crippen molar-refractivity contribution in [2.24, 2.45) is 0 Å². The van der Waals surface area contributed by atoms with Crippen molar-refractivity contribution in [2.45, 2.75) is 0 Å². The van der Waals surface area contributed by atoms with Crippen molar-refractivity contribution in [2.75, 3.05) is 17.7 Å². The molecule has 0 bridgehead atoms. The first-order valence-electron chi connectivity index (χ1n) is 6.97. The van der Waals surface area contributed by atoms with Crippen LogP contribution in [0.25, 0.3) is 0 Å². The van der Waals surface area contributed by atoms with E-state index >= 15 is 0 Å². The van der Waals surface area contributed by atoms with E-state index in [4.69, 9.17) is 4.74 Å². The van der Waals surface area contributed by atoms with Crippen LogP contribution in [0.5, 0.6) is 5.75 Å². The monoisotopic (exact) mass is 329 g/mol. The second-order valence-electron chi connectivity index (χ2n) is 4.74. The predicted molar refractivity (Wildman–Crippen MR) is 85.7 cm³/mol. The van der Waals surface area contributed by atoms with Crippen LogP contribution in [0.4, 0.5) is 31.9 Å². The minimum atomic E-state index is -0.950. The molecule has 0 aliphatic heterocycles. The van der Waals surface area contributed by atoms with Gasteiger partial charge in [0.15, 0.2) is 17.5 Å². The number of aromatic nitrogens is 3. The quantitative estimate of drug-likeness (QED) is 0.744. The predicted octanol–water partition coefficient (Wildman–Crippen LogP) is 3.65. The molecular formula is C16H13F2N5O. The minimum absolute atomic E-state index is 0.229. The van der Waals surface area contributed by atoms with Crippen LogP contribution in [0, 0.1) is 11.6 Å². The molecule has 6 nitrogen and oxygen atoms in total. The van der Waals surface area contributed by atoms with Crippen LogP contribution in [-0.4, -0.2) is 22.3 Å². The Bertz CT molecular complexity index is 859. The molecule has 3 aromatic rings. The zero-order chi connectivity index (χ0) is 16.9. The summed E-state index contributed by atoms with van der Waals surface area (Å²) in [7, 11) is 1.56. The largest absolute Gasteiger partial charge is 0.495 e. The lowest BCUT2D eigenvalue weighted by molar-refractivity contribution is 0.417. The molecule has 0 fully saturated rings. The molecule has 1 heterocycles. The number of benzene rings is 2. The number of anilines is 4. The minimum Gasteiger partial charge on any atom is -0.495 e. The first-order chi connectivity index (χ1) is 11.7. The molecule has 0 aliphatic carbocycles. The van der Waals surface area contributed by atoms with Crippen molar-refractivity contribution in [1.82, 2.24) is 15.2 Å². The fourth-order valence-corrected chi connectivity index (χ4v) is 2.01. The van der Waals surface area contributed by atoms with Gasteiger partial charge in [-0.2, -0.15) is 10.1 Å². The standard InChI is InChI=1S/C16H13F2N5O/c1-24-14-5-3-2-4-13(14)21-16-22-15(9-19-23-16)20-10-6-7-11(17)12(18)8-10/h2-9H,1H3,(H2,20,21,22,23). The number of halogens is 2. The number of methoxy groups -OCH3 is 1. The van der Waals surface area contributed by atoms with Crippen molar-refractivity contribution < 1.29 is 13.5 Å². The van der Waals surface area contributed by atoms with E-state index in [2.05, 4.69) is 25.8 Å². The van der Waals surface area contributed by atoms with E-state index in [1.807, 2.05) is 12.1 Å². The Kier molecular flexibility index (Phi) is 4.46. The van der Waals surface area contributed by atoms with Gasteiger partial charge >= 0.3 is 0 Å². The fourth-order valence-electron chi connectivity index (χ4n) is 2.01. The third-order valence-corrected chi connectivity index (χ3v) is 3.10. The molecule has 0 unspecified atom stereocenters. The maximum Gasteiger partial charge on any atom is 0.249 e. The number of hydrogen-bond acceptors (Lipinski definition) is 6. The summed E-state index contributed by atoms with van der Waals surface area (Å²) in [5.41, 5.74) is 1.02. The van der Waals surface area contributed by atoms with Crippen LogP contribution in [0.15, 0.2) is 48.7 Å². The highest BCUT2D eigenvalue weighted by Gasteiger charge is 2.07. The number of nitrogens with zero attached hydrogens (tertiary/aromatic N) is 3. The Morgan fingerprint density at radius 2 is 1.83 bits per heavy atom. The third-order valence-electron chi connectivity index (χ3n) is 3.10. The number of para-hydroxylation sites is 2. The Balaban J connectivity index is 1.80.